The van der Waals surface area contributed by atoms with Crippen LogP contribution in [0.5, 0.6) is 0 Å². The maximum atomic E-state index is 12.1. The molecule has 72 heavy (non-hydrogen) atoms. The van der Waals surface area contributed by atoms with Gasteiger partial charge in [-0.3, -0.25) is 24.0 Å². The normalized spacial score (nSPS) is 23.2. The molecule has 9 N–H and O–H groups in total. The van der Waals surface area contributed by atoms with Crippen LogP contribution in [0.15, 0.2) is 0 Å². The number of hydroxylamine groups is 1. The number of terminal acetylenes is 2. The Morgan fingerprint density at radius 3 is 1.90 bits per heavy atom. The summed E-state index contributed by atoms with van der Waals surface area (Å²) in [5.41, 5.74) is 13.3. The zero-order valence-corrected chi connectivity index (χ0v) is 49.2. The van der Waals surface area contributed by atoms with Gasteiger partial charge in [-0.2, -0.15) is 0 Å². The Morgan fingerprint density at radius 2 is 1.47 bits per heavy atom. The molecular formula is C57H112N6O8S. The van der Waals surface area contributed by atoms with Crippen LogP contribution in [-0.4, -0.2) is 106 Å². The van der Waals surface area contributed by atoms with E-state index in [-0.39, 0.29) is 30.3 Å². The lowest BCUT2D eigenvalue weighted by molar-refractivity contribution is -0.140. The fraction of sp³-hybridized carbons (Fsp3) is 0.842. The number of ketones is 1. The number of thioether (sulfide) groups is 1. The largest absolute Gasteiger partial charge is 0.469 e. The Balaban J connectivity index is -0.000000287. The first kappa shape index (κ1) is 77.9. The number of hydrogen-bond acceptors (Lipinski definition) is 13. The van der Waals surface area contributed by atoms with Gasteiger partial charge in [-0.05, 0) is 158 Å². The second kappa shape index (κ2) is 50.2. The minimum absolute atomic E-state index is 0.0217. The lowest BCUT2D eigenvalue weighted by atomic mass is 9.45. The Bertz CT molecular complexity index is 1360. The number of amides is 2. The lowest BCUT2D eigenvalue weighted by Gasteiger charge is -2.60. The average Bonchev–Trinajstić information content (AvgIpc) is 3.71. The van der Waals surface area contributed by atoms with Crippen molar-refractivity contribution in [2.24, 2.45) is 57.8 Å². The first-order valence-corrected chi connectivity index (χ1v) is 28.1. The van der Waals surface area contributed by atoms with Crippen LogP contribution in [0.2, 0.25) is 0 Å². The van der Waals surface area contributed by atoms with Gasteiger partial charge in [0.1, 0.15) is 17.7 Å². The molecule has 0 bridgehead atoms. The molecule has 4 aliphatic carbocycles. The average molecular weight is 1040 g/mol. The van der Waals surface area contributed by atoms with Crippen LogP contribution in [-0.2, 0) is 33.5 Å². The molecule has 8 unspecified atom stereocenters. The van der Waals surface area contributed by atoms with Crippen LogP contribution in [0.25, 0.3) is 0 Å². The van der Waals surface area contributed by atoms with Gasteiger partial charge in [0.25, 0.3) is 0 Å². The van der Waals surface area contributed by atoms with Crippen LogP contribution in [0.4, 0.5) is 0 Å². The number of fused-ring (bicyclic) bond motifs is 5. The van der Waals surface area contributed by atoms with Gasteiger partial charge >= 0.3 is 5.97 Å². The van der Waals surface area contributed by atoms with Crippen molar-refractivity contribution in [2.45, 2.75) is 203 Å². The van der Waals surface area contributed by atoms with Gasteiger partial charge in [0.05, 0.1) is 20.1 Å². The number of esters is 1. The van der Waals surface area contributed by atoms with Gasteiger partial charge < -0.3 is 42.1 Å². The molecular weight excluding hydrogens is 929 g/mol. The predicted molar refractivity (Wildman–Crippen MR) is 305 cm³/mol. The number of carbonyl (C=O) groups excluding carboxylic acids is 5. The highest BCUT2D eigenvalue weighted by molar-refractivity contribution is 7.99. The van der Waals surface area contributed by atoms with Crippen LogP contribution in [0.3, 0.4) is 0 Å². The van der Waals surface area contributed by atoms with Crippen molar-refractivity contribution in [3.05, 3.63) is 0 Å². The number of aldehydes is 1. The molecule has 0 heterocycles. The standard InChI is InChI=1S/C27H47NO.C6H14N2OS.C5H13NO2.C5H10O.C4H9NO2.C4H9NO.C2H6.2C2H2/c1-19(2)18-28-25(29)10-7-9-21-12-14-23-22-13-11-20-8-5-6-16-26(20,3)24(22)15-17-27(21,23)4;1-6(8-4-9)3-10-5-7-2;1-5(2,4-7)8-6-3;1-2-3-4-5-6;1-7-4(6)2-3-5;1-4(6)2-3-5;3*1-2/h19-24H,5-18H2,1-4H3,(H,28,29);4,6-7H,3,5H2,1-2H3,(H,8,9);6-7H,4H2,1-3H3;5H,2-4H2,1H3;2-3,5H2,1H3;2-3,5H2,1H3;1-2H3;2*1-2H. The van der Waals surface area contributed by atoms with Gasteiger partial charge in [0, 0.05) is 57.1 Å². The number of unbranched alkanes of at least 4 members (excludes halogenated alkanes) is 2. The van der Waals surface area contributed by atoms with E-state index in [0.717, 1.165) is 92.6 Å². The highest BCUT2D eigenvalue weighted by Gasteiger charge is 2.59. The van der Waals surface area contributed by atoms with Gasteiger partial charge in [-0.1, -0.05) is 67.7 Å². The minimum atomic E-state index is -0.464. The lowest BCUT2D eigenvalue weighted by Crippen LogP contribution is -2.52. The number of Topliss-reactive ketones (excluding diaryl/α,β-unsaturated/α-hetero) is 1. The van der Waals surface area contributed by atoms with Gasteiger partial charge in [0.2, 0.25) is 12.3 Å². The van der Waals surface area contributed by atoms with Crippen molar-refractivity contribution >= 4 is 42.1 Å². The fourth-order valence-corrected chi connectivity index (χ4v) is 11.1. The van der Waals surface area contributed by atoms with E-state index in [1.165, 1.54) is 84.7 Å². The Labute approximate surface area is 446 Å². The second-order valence-corrected chi connectivity index (χ2v) is 21.3. The molecule has 0 spiro atoms. The van der Waals surface area contributed by atoms with Crippen molar-refractivity contribution in [3.63, 3.8) is 0 Å². The number of methoxy groups -OCH3 is 1. The van der Waals surface area contributed by atoms with E-state index in [9.17, 15) is 24.0 Å². The molecule has 0 aliphatic heterocycles. The van der Waals surface area contributed by atoms with E-state index in [4.69, 9.17) is 21.4 Å². The molecule has 15 heteroatoms. The molecule has 8 atom stereocenters. The molecule has 2 amide bonds. The Kier molecular flexibility index (Phi) is 54.2. The van der Waals surface area contributed by atoms with Crippen LogP contribution in [0, 0.1) is 72.0 Å². The van der Waals surface area contributed by atoms with E-state index >= 15 is 0 Å². The third-order valence-corrected chi connectivity index (χ3v) is 15.1. The van der Waals surface area contributed by atoms with Crippen molar-refractivity contribution in [3.8, 4) is 25.7 Å². The van der Waals surface area contributed by atoms with E-state index in [1.807, 2.05) is 27.8 Å². The third-order valence-electron chi connectivity index (χ3n) is 13.9. The van der Waals surface area contributed by atoms with Crippen LogP contribution in [0.1, 0.15) is 192 Å². The summed E-state index contributed by atoms with van der Waals surface area (Å²) in [5.74, 6) is 7.51. The quantitative estimate of drug-likeness (QED) is 0.0134. The summed E-state index contributed by atoms with van der Waals surface area (Å²) in [6.07, 6.45) is 39.4. The van der Waals surface area contributed by atoms with E-state index in [1.54, 1.807) is 32.7 Å². The summed E-state index contributed by atoms with van der Waals surface area (Å²) in [5, 5.41) is 17.3. The summed E-state index contributed by atoms with van der Waals surface area (Å²) < 4.78 is 4.27. The van der Waals surface area contributed by atoms with Crippen molar-refractivity contribution in [1.82, 2.24) is 21.4 Å². The smallest absolute Gasteiger partial charge is 0.306 e. The Hall–Kier alpha value is -3.02. The molecule has 14 nitrogen and oxygen atoms in total. The number of aliphatic hydroxyl groups is 1. The maximum Gasteiger partial charge on any atom is 0.306 e. The summed E-state index contributed by atoms with van der Waals surface area (Å²) in [4.78, 5) is 56.6. The van der Waals surface area contributed by atoms with Crippen molar-refractivity contribution < 1.29 is 38.7 Å². The van der Waals surface area contributed by atoms with Gasteiger partial charge in [0.15, 0.2) is 0 Å². The molecule has 4 fully saturated rings. The zero-order valence-electron chi connectivity index (χ0n) is 48.3. The fourth-order valence-electron chi connectivity index (χ4n) is 10.3. The van der Waals surface area contributed by atoms with Crippen molar-refractivity contribution in [2.75, 3.05) is 59.1 Å². The SMILES string of the molecule is C#C.C#C.CC.CC(=O)CCN.CC(C)CNC(=O)CCCC1CCC2C3CCC4CCCCC4(C)C3CCC12C.CCCCC=O.CNCSCC(C)NC=O.CNOC(C)(C)CO.COC(=O)CCN. The first-order chi connectivity index (χ1) is 34.3. The maximum absolute atomic E-state index is 12.1. The first-order valence-electron chi connectivity index (χ1n) is 27.0. The molecule has 0 saturated heterocycles. The Morgan fingerprint density at radius 1 is 0.861 bits per heavy atom. The second-order valence-electron chi connectivity index (χ2n) is 20.3. The van der Waals surface area contributed by atoms with Crippen molar-refractivity contribution in [1.29, 1.82) is 0 Å². The summed E-state index contributed by atoms with van der Waals surface area (Å²) in [6, 6.07) is 0.274. The highest BCUT2D eigenvalue weighted by atomic mass is 32.2. The molecule has 0 radical (unpaired) electrons. The minimum Gasteiger partial charge on any atom is -0.469 e. The molecule has 0 aromatic heterocycles. The van der Waals surface area contributed by atoms with Gasteiger partial charge in [-0.25, -0.2) is 5.48 Å². The third kappa shape index (κ3) is 36.0. The summed E-state index contributed by atoms with van der Waals surface area (Å²) in [7, 11) is 4.92. The van der Waals surface area contributed by atoms with Crippen LogP contribution < -0.4 is 32.9 Å². The number of hydrogen-bond donors (Lipinski definition) is 7. The molecule has 424 valence electrons. The predicted octanol–water partition coefficient (Wildman–Crippen LogP) is 9.25. The van der Waals surface area contributed by atoms with E-state index in [0.29, 0.717) is 42.7 Å². The number of carbonyl (C=O) groups is 5. The summed E-state index contributed by atoms with van der Waals surface area (Å²) in [6.45, 7) is 24.5. The number of nitrogens with two attached hydrogens (primary N) is 2. The molecule has 4 saturated carbocycles. The molecule has 4 rings (SSSR count). The number of aliphatic hydroxyl groups excluding tert-OH is 1. The topological polar surface area (TPSA) is 224 Å². The molecule has 0 aromatic rings. The van der Waals surface area contributed by atoms with Gasteiger partial charge in [-0.15, -0.1) is 37.5 Å². The van der Waals surface area contributed by atoms with E-state index < -0.39 is 5.60 Å². The molecule has 4 aliphatic rings. The number of nitrogens with one attached hydrogen (secondary N) is 4. The number of rotatable bonds is 22. The highest BCUT2D eigenvalue weighted by Crippen LogP contribution is 2.67. The zero-order chi connectivity index (χ0) is 56.6. The molecule has 0 aromatic carbocycles. The van der Waals surface area contributed by atoms with Crippen LogP contribution >= 0.6 is 11.8 Å². The van der Waals surface area contributed by atoms with E-state index in [2.05, 4.69) is 86.5 Å². The summed E-state index contributed by atoms with van der Waals surface area (Å²) >= 11 is 1.77. The monoisotopic (exact) mass is 1040 g/mol. The number of ether oxygens (including phenoxy) is 1.